The van der Waals surface area contributed by atoms with E-state index in [9.17, 15) is 9.90 Å². The van der Waals surface area contributed by atoms with Gasteiger partial charge in [0.05, 0.1) is 17.8 Å². The van der Waals surface area contributed by atoms with Crippen LogP contribution in [0.25, 0.3) is 0 Å². The summed E-state index contributed by atoms with van der Waals surface area (Å²) >= 11 is 1.23. The molecule has 5 heteroatoms. The van der Waals surface area contributed by atoms with Crippen molar-refractivity contribution in [3.8, 4) is 5.75 Å². The van der Waals surface area contributed by atoms with Crippen molar-refractivity contribution in [2.45, 2.75) is 12.8 Å². The number of aromatic nitrogens is 1. The third-order valence-corrected chi connectivity index (χ3v) is 4.77. The van der Waals surface area contributed by atoms with Crippen molar-refractivity contribution in [3.05, 3.63) is 81.3 Å². The van der Waals surface area contributed by atoms with E-state index >= 15 is 0 Å². The molecular formula is C19H17NO3S. The van der Waals surface area contributed by atoms with E-state index in [1.165, 1.54) is 11.3 Å². The van der Waals surface area contributed by atoms with Crippen LogP contribution in [-0.2, 0) is 12.8 Å². The summed E-state index contributed by atoms with van der Waals surface area (Å²) in [6.07, 6.45) is 1.08. The maximum atomic E-state index is 11.5. The molecule has 122 valence electrons. The molecule has 3 rings (SSSR count). The molecule has 24 heavy (non-hydrogen) atoms. The second kappa shape index (κ2) is 7.27. The zero-order chi connectivity index (χ0) is 16.9. The van der Waals surface area contributed by atoms with Gasteiger partial charge in [0.15, 0.2) is 0 Å². The summed E-state index contributed by atoms with van der Waals surface area (Å²) in [6, 6.07) is 17.5. The Labute approximate surface area is 144 Å². The molecule has 3 aromatic rings. The van der Waals surface area contributed by atoms with Crippen LogP contribution in [0.3, 0.4) is 0 Å². The lowest BCUT2D eigenvalue weighted by molar-refractivity contribution is 0.0701. The fourth-order valence-corrected chi connectivity index (χ4v) is 3.51. The lowest BCUT2D eigenvalue weighted by Gasteiger charge is -2.05. The Kier molecular flexibility index (Phi) is 4.91. The van der Waals surface area contributed by atoms with Crippen molar-refractivity contribution in [1.82, 2.24) is 4.98 Å². The highest BCUT2D eigenvalue weighted by Crippen LogP contribution is 2.26. The molecule has 0 aliphatic heterocycles. The topological polar surface area (TPSA) is 59.4 Å². The number of carboxylic acid groups (broad SMARTS) is 1. The number of benzene rings is 2. The van der Waals surface area contributed by atoms with E-state index in [1.54, 1.807) is 7.11 Å². The van der Waals surface area contributed by atoms with Gasteiger partial charge in [-0.25, -0.2) is 9.78 Å². The standard InChI is InChI=1S/C19H17NO3S/c1-23-16-10-6-5-9-14(16)12-17-20-15(18(24-17)19(21)22)11-13-7-3-2-4-8-13/h2-10H,11-12H2,1H3,(H,21,22). The van der Waals surface area contributed by atoms with Crippen LogP contribution in [0.4, 0.5) is 0 Å². The van der Waals surface area contributed by atoms with Crippen LogP contribution < -0.4 is 4.74 Å². The Balaban J connectivity index is 1.90. The molecule has 4 nitrogen and oxygen atoms in total. The largest absolute Gasteiger partial charge is 0.496 e. The quantitative estimate of drug-likeness (QED) is 0.736. The monoisotopic (exact) mass is 339 g/mol. The summed E-state index contributed by atoms with van der Waals surface area (Å²) < 4.78 is 5.36. The molecule has 0 fully saturated rings. The third kappa shape index (κ3) is 3.63. The van der Waals surface area contributed by atoms with Gasteiger partial charge in [-0.3, -0.25) is 0 Å². The Morgan fingerprint density at radius 1 is 1.08 bits per heavy atom. The van der Waals surface area contributed by atoms with Gasteiger partial charge in [0.2, 0.25) is 0 Å². The second-order valence-electron chi connectivity index (χ2n) is 5.34. The van der Waals surface area contributed by atoms with Crippen molar-refractivity contribution in [2.75, 3.05) is 7.11 Å². The predicted molar refractivity (Wildman–Crippen MR) is 94.1 cm³/mol. The molecule has 0 bridgehead atoms. The van der Waals surface area contributed by atoms with Crippen molar-refractivity contribution in [1.29, 1.82) is 0 Å². The number of para-hydroxylation sites is 1. The number of aromatic carboxylic acids is 1. The number of nitrogens with zero attached hydrogens (tertiary/aromatic N) is 1. The molecule has 0 radical (unpaired) electrons. The van der Waals surface area contributed by atoms with Gasteiger partial charge in [-0.1, -0.05) is 48.5 Å². The fraction of sp³-hybridized carbons (Fsp3) is 0.158. The van der Waals surface area contributed by atoms with Crippen LogP contribution in [0.15, 0.2) is 54.6 Å². The average Bonchev–Trinajstić information content (AvgIpc) is 2.99. The van der Waals surface area contributed by atoms with E-state index in [0.717, 1.165) is 21.9 Å². The van der Waals surface area contributed by atoms with Crippen LogP contribution in [-0.4, -0.2) is 23.2 Å². The second-order valence-corrected chi connectivity index (χ2v) is 6.42. The van der Waals surface area contributed by atoms with Gasteiger partial charge in [0, 0.05) is 18.4 Å². The van der Waals surface area contributed by atoms with Crippen LogP contribution in [0.5, 0.6) is 5.75 Å². The first-order chi connectivity index (χ1) is 11.7. The Bertz CT molecular complexity index is 843. The molecule has 2 aromatic carbocycles. The number of methoxy groups -OCH3 is 1. The lowest BCUT2D eigenvalue weighted by Crippen LogP contribution is -2.00. The molecular weight excluding hydrogens is 322 g/mol. The third-order valence-electron chi connectivity index (χ3n) is 3.68. The van der Waals surface area contributed by atoms with Crippen molar-refractivity contribution in [2.24, 2.45) is 0 Å². The van der Waals surface area contributed by atoms with E-state index < -0.39 is 5.97 Å². The molecule has 0 unspecified atom stereocenters. The molecule has 0 atom stereocenters. The summed E-state index contributed by atoms with van der Waals surface area (Å²) in [5.41, 5.74) is 2.66. The minimum absolute atomic E-state index is 0.309. The van der Waals surface area contributed by atoms with Gasteiger partial charge < -0.3 is 9.84 Å². The molecule has 1 aromatic heterocycles. The normalized spacial score (nSPS) is 10.5. The van der Waals surface area contributed by atoms with Gasteiger partial charge in [-0.2, -0.15) is 0 Å². The van der Waals surface area contributed by atoms with E-state index in [2.05, 4.69) is 4.98 Å². The van der Waals surface area contributed by atoms with Crippen LogP contribution in [0, 0.1) is 0 Å². The highest BCUT2D eigenvalue weighted by Gasteiger charge is 2.18. The summed E-state index contributed by atoms with van der Waals surface area (Å²) in [5.74, 6) is -0.140. The van der Waals surface area contributed by atoms with E-state index in [-0.39, 0.29) is 0 Å². The van der Waals surface area contributed by atoms with Crippen LogP contribution >= 0.6 is 11.3 Å². The predicted octanol–water partition coefficient (Wildman–Crippen LogP) is 4.03. The summed E-state index contributed by atoms with van der Waals surface area (Å²) in [7, 11) is 1.63. The highest BCUT2D eigenvalue weighted by atomic mass is 32.1. The minimum atomic E-state index is -0.926. The number of ether oxygens (including phenoxy) is 1. The molecule has 0 amide bonds. The van der Waals surface area contributed by atoms with Crippen LogP contribution in [0.2, 0.25) is 0 Å². The number of carbonyl (C=O) groups is 1. The fourth-order valence-electron chi connectivity index (χ4n) is 2.56. The zero-order valence-electron chi connectivity index (χ0n) is 13.2. The first-order valence-electron chi connectivity index (χ1n) is 7.55. The highest BCUT2D eigenvalue weighted by molar-refractivity contribution is 7.13. The Morgan fingerprint density at radius 2 is 1.79 bits per heavy atom. The number of hydrogen-bond donors (Lipinski definition) is 1. The van der Waals surface area contributed by atoms with E-state index in [4.69, 9.17) is 4.74 Å². The van der Waals surface area contributed by atoms with Gasteiger partial charge in [0.25, 0.3) is 0 Å². The molecule has 1 N–H and O–H groups in total. The Morgan fingerprint density at radius 3 is 2.50 bits per heavy atom. The summed E-state index contributed by atoms with van der Waals surface area (Å²) in [6.45, 7) is 0. The van der Waals surface area contributed by atoms with Gasteiger partial charge >= 0.3 is 5.97 Å². The molecule has 0 aliphatic rings. The molecule has 1 heterocycles. The van der Waals surface area contributed by atoms with Crippen molar-refractivity contribution in [3.63, 3.8) is 0 Å². The Hall–Kier alpha value is -2.66. The molecule has 0 saturated carbocycles. The van der Waals surface area contributed by atoms with E-state index in [0.29, 0.717) is 23.4 Å². The van der Waals surface area contributed by atoms with Gasteiger partial charge in [-0.05, 0) is 11.6 Å². The average molecular weight is 339 g/mol. The molecule has 0 aliphatic carbocycles. The lowest BCUT2D eigenvalue weighted by atomic mass is 10.1. The minimum Gasteiger partial charge on any atom is -0.496 e. The van der Waals surface area contributed by atoms with E-state index in [1.807, 2.05) is 54.6 Å². The maximum absolute atomic E-state index is 11.5. The van der Waals surface area contributed by atoms with Gasteiger partial charge in [0.1, 0.15) is 10.6 Å². The first-order valence-corrected chi connectivity index (χ1v) is 8.36. The summed E-state index contributed by atoms with van der Waals surface area (Å²) in [4.78, 5) is 16.4. The number of hydrogen-bond acceptors (Lipinski definition) is 4. The van der Waals surface area contributed by atoms with Crippen molar-refractivity contribution < 1.29 is 14.6 Å². The van der Waals surface area contributed by atoms with Gasteiger partial charge in [-0.15, -0.1) is 11.3 Å². The maximum Gasteiger partial charge on any atom is 0.347 e. The zero-order valence-corrected chi connectivity index (χ0v) is 14.0. The SMILES string of the molecule is COc1ccccc1Cc1nc(Cc2ccccc2)c(C(=O)O)s1. The first kappa shape index (κ1) is 16.2. The molecule has 0 spiro atoms. The molecule has 0 saturated heterocycles. The van der Waals surface area contributed by atoms with Crippen LogP contribution in [0.1, 0.15) is 31.5 Å². The summed E-state index contributed by atoms with van der Waals surface area (Å²) in [5, 5.41) is 10.2. The number of rotatable bonds is 6. The van der Waals surface area contributed by atoms with Crippen molar-refractivity contribution >= 4 is 17.3 Å². The number of thiazole rings is 1. The smallest absolute Gasteiger partial charge is 0.347 e. The number of carboxylic acids is 1.